The minimum atomic E-state index is 0.477. The number of halogens is 1. The van der Waals surface area contributed by atoms with Crippen LogP contribution in [0.5, 0.6) is 0 Å². The topological polar surface area (TPSA) is 54.5 Å². The van der Waals surface area contributed by atoms with Crippen molar-refractivity contribution < 1.29 is 0 Å². The van der Waals surface area contributed by atoms with Crippen LogP contribution in [0.1, 0.15) is 5.01 Å². The number of hydrogen-bond donors (Lipinski definition) is 1. The van der Waals surface area contributed by atoms with E-state index >= 15 is 0 Å². The van der Waals surface area contributed by atoms with Gasteiger partial charge in [0.15, 0.2) is 5.16 Å². The van der Waals surface area contributed by atoms with Crippen LogP contribution in [0.3, 0.4) is 0 Å². The summed E-state index contributed by atoms with van der Waals surface area (Å²) >= 11 is 8.71. The second-order valence-corrected chi connectivity index (χ2v) is 5.90. The average Bonchev–Trinajstić information content (AvgIpc) is 2.91. The third-order valence-corrected chi connectivity index (χ3v) is 4.23. The molecule has 1 N–H and O–H groups in total. The Morgan fingerprint density at radius 3 is 2.94 bits per heavy atom. The number of rotatable bonds is 3. The van der Waals surface area contributed by atoms with Gasteiger partial charge in [-0.2, -0.15) is 0 Å². The summed E-state index contributed by atoms with van der Waals surface area (Å²) in [7, 11) is 0. The molecule has 7 heteroatoms. The van der Waals surface area contributed by atoms with Crippen LogP contribution in [0.2, 0.25) is 4.47 Å². The van der Waals surface area contributed by atoms with E-state index in [-0.39, 0.29) is 0 Å². The van der Waals surface area contributed by atoms with Crippen molar-refractivity contribution in [3.8, 4) is 0 Å². The van der Waals surface area contributed by atoms with Gasteiger partial charge in [-0.25, -0.2) is 4.98 Å². The fourth-order valence-electron chi connectivity index (χ4n) is 1.42. The molecule has 0 unspecified atom stereocenters. The van der Waals surface area contributed by atoms with Gasteiger partial charge >= 0.3 is 0 Å². The lowest BCUT2D eigenvalue weighted by atomic mass is 10.3. The van der Waals surface area contributed by atoms with Crippen LogP contribution in [0.25, 0.3) is 11.0 Å². The van der Waals surface area contributed by atoms with E-state index in [1.54, 1.807) is 11.8 Å². The molecule has 1 aromatic carbocycles. The summed E-state index contributed by atoms with van der Waals surface area (Å²) in [5, 5.41) is 9.51. The molecular formula is C10H7ClN4S2. The van der Waals surface area contributed by atoms with Crippen LogP contribution in [0, 0.1) is 0 Å². The van der Waals surface area contributed by atoms with Crippen molar-refractivity contribution in [3.05, 3.63) is 33.7 Å². The van der Waals surface area contributed by atoms with Crippen LogP contribution in [0.4, 0.5) is 0 Å². The zero-order chi connectivity index (χ0) is 11.7. The van der Waals surface area contributed by atoms with Gasteiger partial charge in [0.05, 0.1) is 16.8 Å². The summed E-state index contributed by atoms with van der Waals surface area (Å²) in [5.41, 5.74) is 2.02. The number of nitrogens with zero attached hydrogens (tertiary/aromatic N) is 3. The van der Waals surface area contributed by atoms with E-state index < -0.39 is 0 Å². The number of H-pyrrole nitrogens is 1. The van der Waals surface area contributed by atoms with E-state index in [0.717, 1.165) is 27.0 Å². The molecule has 0 bridgehead atoms. The molecule has 0 aliphatic heterocycles. The molecule has 0 aliphatic carbocycles. The summed E-state index contributed by atoms with van der Waals surface area (Å²) < 4.78 is 0.477. The fourth-order valence-corrected chi connectivity index (χ4v) is 3.16. The standard InChI is InChI=1S/C10H7ClN4S2/c11-9-15-14-8(17-9)5-16-10-12-6-3-1-2-4-7(6)13-10/h1-4H,5H2,(H,12,13). The van der Waals surface area contributed by atoms with Crippen molar-refractivity contribution in [1.29, 1.82) is 0 Å². The van der Waals surface area contributed by atoms with Crippen LogP contribution >= 0.6 is 34.7 Å². The Labute approximate surface area is 110 Å². The van der Waals surface area contributed by atoms with Crippen LogP contribution < -0.4 is 0 Å². The summed E-state index contributed by atoms with van der Waals surface area (Å²) in [6.45, 7) is 0. The number of benzene rings is 1. The number of nitrogens with one attached hydrogen (secondary N) is 1. The largest absolute Gasteiger partial charge is 0.333 e. The van der Waals surface area contributed by atoms with Crippen molar-refractivity contribution in [1.82, 2.24) is 20.2 Å². The maximum atomic E-state index is 5.72. The van der Waals surface area contributed by atoms with Crippen molar-refractivity contribution in [2.75, 3.05) is 0 Å². The summed E-state index contributed by atoms with van der Waals surface area (Å²) in [6.07, 6.45) is 0. The first-order valence-electron chi connectivity index (χ1n) is 4.87. The normalized spacial score (nSPS) is 11.1. The molecule has 0 spiro atoms. The van der Waals surface area contributed by atoms with Gasteiger partial charge < -0.3 is 4.98 Å². The Balaban J connectivity index is 1.76. The Morgan fingerprint density at radius 2 is 2.18 bits per heavy atom. The smallest absolute Gasteiger partial charge is 0.207 e. The van der Waals surface area contributed by atoms with E-state index in [1.807, 2.05) is 24.3 Å². The highest BCUT2D eigenvalue weighted by atomic mass is 35.5. The molecule has 4 nitrogen and oxygen atoms in total. The van der Waals surface area contributed by atoms with Gasteiger partial charge in [0.25, 0.3) is 0 Å². The minimum absolute atomic E-state index is 0.477. The third-order valence-electron chi connectivity index (χ3n) is 2.14. The molecule has 2 heterocycles. The number of thioether (sulfide) groups is 1. The van der Waals surface area contributed by atoms with E-state index in [2.05, 4.69) is 20.2 Å². The maximum absolute atomic E-state index is 5.72. The highest BCUT2D eigenvalue weighted by molar-refractivity contribution is 7.98. The van der Waals surface area contributed by atoms with Gasteiger partial charge in [0, 0.05) is 0 Å². The molecule has 0 saturated carbocycles. The predicted molar refractivity (Wildman–Crippen MR) is 70.6 cm³/mol. The van der Waals surface area contributed by atoms with Gasteiger partial charge in [-0.15, -0.1) is 10.2 Å². The lowest BCUT2D eigenvalue weighted by molar-refractivity contribution is 1.03. The average molecular weight is 283 g/mol. The molecule has 17 heavy (non-hydrogen) atoms. The molecule has 86 valence electrons. The Morgan fingerprint density at radius 1 is 1.29 bits per heavy atom. The summed E-state index contributed by atoms with van der Waals surface area (Å²) in [4.78, 5) is 7.71. The monoisotopic (exact) mass is 282 g/mol. The molecule has 2 aromatic heterocycles. The second kappa shape index (κ2) is 4.64. The van der Waals surface area contributed by atoms with Crippen LogP contribution in [0.15, 0.2) is 29.4 Å². The van der Waals surface area contributed by atoms with Crippen molar-refractivity contribution in [2.24, 2.45) is 0 Å². The third kappa shape index (κ3) is 2.43. The van der Waals surface area contributed by atoms with Crippen molar-refractivity contribution >= 4 is 45.7 Å². The molecule has 0 aliphatic rings. The zero-order valence-corrected chi connectivity index (χ0v) is 10.9. The van der Waals surface area contributed by atoms with Gasteiger partial charge in [0.2, 0.25) is 4.47 Å². The van der Waals surface area contributed by atoms with Crippen molar-refractivity contribution in [3.63, 3.8) is 0 Å². The molecular weight excluding hydrogens is 276 g/mol. The predicted octanol–water partition coefficient (Wildman–Crippen LogP) is 3.36. The minimum Gasteiger partial charge on any atom is -0.333 e. The van der Waals surface area contributed by atoms with E-state index in [9.17, 15) is 0 Å². The number of aromatic amines is 1. The SMILES string of the molecule is Clc1nnc(CSc2nc3ccccc3[nH]2)s1. The second-order valence-electron chi connectivity index (χ2n) is 3.30. The fraction of sp³-hybridized carbons (Fsp3) is 0.100. The van der Waals surface area contributed by atoms with Gasteiger partial charge in [-0.05, 0) is 23.7 Å². The molecule has 0 saturated heterocycles. The Kier molecular flexibility index (Phi) is 3.00. The van der Waals surface area contributed by atoms with Crippen LogP contribution in [-0.2, 0) is 5.75 Å². The Hall–Kier alpha value is -1.11. The zero-order valence-electron chi connectivity index (χ0n) is 8.55. The van der Waals surface area contributed by atoms with E-state index in [4.69, 9.17) is 11.6 Å². The van der Waals surface area contributed by atoms with E-state index in [1.165, 1.54) is 11.3 Å². The van der Waals surface area contributed by atoms with Gasteiger partial charge in [-0.1, -0.05) is 35.2 Å². The lowest BCUT2D eigenvalue weighted by Crippen LogP contribution is -1.80. The summed E-state index contributed by atoms with van der Waals surface area (Å²) in [6, 6.07) is 7.95. The first kappa shape index (κ1) is 11.0. The molecule has 0 amide bonds. The van der Waals surface area contributed by atoms with Gasteiger partial charge in [-0.3, -0.25) is 0 Å². The Bertz CT molecular complexity index is 615. The highest BCUT2D eigenvalue weighted by Crippen LogP contribution is 2.25. The lowest BCUT2D eigenvalue weighted by Gasteiger charge is -1.91. The van der Waals surface area contributed by atoms with Gasteiger partial charge in [0.1, 0.15) is 5.01 Å². The summed E-state index contributed by atoms with van der Waals surface area (Å²) in [5.74, 6) is 0.726. The highest BCUT2D eigenvalue weighted by Gasteiger charge is 2.06. The quantitative estimate of drug-likeness (QED) is 0.749. The number of fused-ring (bicyclic) bond motifs is 1. The number of hydrogen-bond acceptors (Lipinski definition) is 5. The molecule has 3 rings (SSSR count). The molecule has 0 atom stereocenters. The maximum Gasteiger partial charge on any atom is 0.207 e. The van der Waals surface area contributed by atoms with Crippen molar-refractivity contribution in [2.45, 2.75) is 10.9 Å². The number of imidazole rings is 1. The first-order chi connectivity index (χ1) is 8.31. The first-order valence-corrected chi connectivity index (χ1v) is 7.05. The number of para-hydroxylation sites is 2. The molecule has 0 radical (unpaired) electrons. The molecule has 3 aromatic rings. The number of aromatic nitrogens is 4. The van der Waals surface area contributed by atoms with E-state index in [0.29, 0.717) is 4.47 Å². The van der Waals surface area contributed by atoms with Crippen LogP contribution in [-0.4, -0.2) is 20.2 Å². The molecule has 0 fully saturated rings.